The van der Waals surface area contributed by atoms with Crippen LogP contribution < -0.4 is 5.32 Å². The van der Waals surface area contributed by atoms with Gasteiger partial charge >= 0.3 is 6.18 Å². The average molecular weight is 463 g/mol. The van der Waals surface area contributed by atoms with Gasteiger partial charge in [0.25, 0.3) is 5.91 Å². The van der Waals surface area contributed by atoms with E-state index in [-0.39, 0.29) is 29.5 Å². The largest absolute Gasteiger partial charge is 0.410 e. The lowest BCUT2D eigenvalue weighted by Gasteiger charge is -2.33. The maximum atomic E-state index is 13.9. The van der Waals surface area contributed by atoms with Gasteiger partial charge in [0.05, 0.1) is 6.04 Å². The molecule has 32 heavy (non-hydrogen) atoms. The van der Waals surface area contributed by atoms with Gasteiger partial charge in [-0.1, -0.05) is 71.8 Å². The zero-order valence-electron chi connectivity index (χ0n) is 17.5. The summed E-state index contributed by atoms with van der Waals surface area (Å²) in [7, 11) is 1.56. The summed E-state index contributed by atoms with van der Waals surface area (Å²) in [5.41, 5.74) is 2.40. The van der Waals surface area contributed by atoms with Gasteiger partial charge in [0.2, 0.25) is 0 Å². The fourth-order valence-electron chi connectivity index (χ4n) is 3.85. The van der Waals surface area contributed by atoms with Crippen LogP contribution in [-0.4, -0.2) is 33.8 Å². The number of amides is 1. The van der Waals surface area contributed by atoms with Crippen LogP contribution in [0.5, 0.6) is 0 Å². The summed E-state index contributed by atoms with van der Waals surface area (Å²) in [6.45, 7) is 2.19. The van der Waals surface area contributed by atoms with Gasteiger partial charge in [-0.25, -0.2) is 4.68 Å². The van der Waals surface area contributed by atoms with Gasteiger partial charge in [0.1, 0.15) is 10.8 Å². The van der Waals surface area contributed by atoms with Gasteiger partial charge in [0.15, 0.2) is 11.7 Å². The van der Waals surface area contributed by atoms with E-state index in [0.717, 1.165) is 15.8 Å². The van der Waals surface area contributed by atoms with Crippen molar-refractivity contribution in [2.75, 3.05) is 12.4 Å². The highest BCUT2D eigenvalue weighted by Crippen LogP contribution is 2.46. The third-order valence-corrected chi connectivity index (χ3v) is 5.95. The molecular weight excluding hydrogens is 441 g/mol. The van der Waals surface area contributed by atoms with Crippen molar-refractivity contribution in [2.24, 2.45) is 0 Å². The van der Waals surface area contributed by atoms with E-state index in [1.165, 1.54) is 4.90 Å². The van der Waals surface area contributed by atoms with Crippen LogP contribution in [0.1, 0.15) is 45.7 Å². The summed E-state index contributed by atoms with van der Waals surface area (Å²) in [6, 6.07) is 14.0. The Hall–Kier alpha value is -3.00. The second kappa shape index (κ2) is 8.50. The molecule has 168 valence electrons. The third kappa shape index (κ3) is 4.32. The molecule has 0 bridgehead atoms. The van der Waals surface area contributed by atoms with Crippen LogP contribution in [-0.2, 0) is 6.54 Å². The van der Waals surface area contributed by atoms with E-state index in [2.05, 4.69) is 10.4 Å². The molecular formula is C23H22ClF3N4O. The number of carbonyl (C=O) groups excluding carboxylic acids is 1. The predicted molar refractivity (Wildman–Crippen MR) is 117 cm³/mol. The Morgan fingerprint density at radius 2 is 1.84 bits per heavy atom. The molecule has 9 heteroatoms. The number of nitrogens with zero attached hydrogens (tertiary/aromatic N) is 3. The topological polar surface area (TPSA) is 50.2 Å². The minimum Gasteiger partial charge on any atom is -0.362 e. The summed E-state index contributed by atoms with van der Waals surface area (Å²) in [4.78, 5) is 14.4. The molecule has 0 saturated carbocycles. The van der Waals surface area contributed by atoms with Crippen molar-refractivity contribution < 1.29 is 18.0 Å². The zero-order chi connectivity index (χ0) is 23.0. The number of aryl methyl sites for hydroxylation is 1. The molecule has 3 aromatic rings. The van der Waals surface area contributed by atoms with E-state index in [1.807, 2.05) is 49.4 Å². The Kier molecular flexibility index (Phi) is 5.90. The van der Waals surface area contributed by atoms with Gasteiger partial charge < -0.3 is 10.2 Å². The molecule has 0 saturated heterocycles. The molecule has 4 rings (SSSR count). The van der Waals surface area contributed by atoms with Crippen LogP contribution in [0.2, 0.25) is 5.02 Å². The van der Waals surface area contributed by atoms with Crippen molar-refractivity contribution >= 4 is 23.3 Å². The Bertz CT molecular complexity index is 1110. The van der Waals surface area contributed by atoms with Gasteiger partial charge in [0, 0.05) is 20.0 Å². The summed E-state index contributed by atoms with van der Waals surface area (Å²) >= 11 is 6.42. The SMILES string of the molecule is Cc1ccc([C@@H]2C[C@@H](C(F)(F)F)n3nc(C(=O)N(C)Cc4ccccc4)c(Cl)c3N2)cc1. The molecule has 0 radical (unpaired) electrons. The number of aromatic nitrogens is 2. The van der Waals surface area contributed by atoms with Crippen molar-refractivity contribution in [3.05, 3.63) is 82.0 Å². The lowest BCUT2D eigenvalue weighted by Crippen LogP contribution is -2.36. The highest BCUT2D eigenvalue weighted by atomic mass is 35.5. The summed E-state index contributed by atoms with van der Waals surface area (Å²) < 4.78 is 42.6. The normalized spacial score (nSPS) is 18.1. The van der Waals surface area contributed by atoms with Crippen LogP contribution in [0.25, 0.3) is 0 Å². The lowest BCUT2D eigenvalue weighted by molar-refractivity contribution is -0.173. The number of hydrogen-bond donors (Lipinski definition) is 1. The van der Waals surface area contributed by atoms with Crippen LogP contribution in [0, 0.1) is 6.92 Å². The molecule has 1 aliphatic rings. The van der Waals surface area contributed by atoms with E-state index >= 15 is 0 Å². The maximum absolute atomic E-state index is 13.9. The first-order chi connectivity index (χ1) is 15.1. The number of fused-ring (bicyclic) bond motifs is 1. The summed E-state index contributed by atoms with van der Waals surface area (Å²) in [5, 5.41) is 6.97. The highest BCUT2D eigenvalue weighted by molar-refractivity contribution is 6.36. The zero-order valence-corrected chi connectivity index (χ0v) is 18.3. The van der Waals surface area contributed by atoms with E-state index in [9.17, 15) is 18.0 Å². The van der Waals surface area contributed by atoms with Gasteiger partial charge in [-0.05, 0) is 18.1 Å². The van der Waals surface area contributed by atoms with Crippen LogP contribution in [0.3, 0.4) is 0 Å². The first-order valence-corrected chi connectivity index (χ1v) is 10.5. The minimum absolute atomic E-state index is 0.00211. The fourth-order valence-corrected chi connectivity index (χ4v) is 4.11. The minimum atomic E-state index is -4.55. The monoisotopic (exact) mass is 462 g/mol. The molecule has 1 amide bonds. The Balaban J connectivity index is 1.67. The van der Waals surface area contributed by atoms with Crippen LogP contribution >= 0.6 is 11.6 Å². The fraction of sp³-hybridized carbons (Fsp3) is 0.304. The standard InChI is InChI=1S/C23H22ClF3N4O/c1-14-8-10-16(11-9-14)17-12-18(23(25,26)27)31-21(28-17)19(24)20(29-31)22(32)30(2)13-15-6-4-3-5-7-15/h3-11,17-18,28H,12-13H2,1-2H3/t17-,18-/m0/s1. The molecule has 5 nitrogen and oxygen atoms in total. The average Bonchev–Trinajstić information content (AvgIpc) is 3.09. The van der Waals surface area contributed by atoms with E-state index in [1.54, 1.807) is 19.2 Å². The van der Waals surface area contributed by atoms with Gasteiger partial charge in [-0.2, -0.15) is 18.3 Å². The van der Waals surface area contributed by atoms with Crippen LogP contribution in [0.4, 0.5) is 19.0 Å². The molecule has 0 unspecified atom stereocenters. The van der Waals surface area contributed by atoms with E-state index in [4.69, 9.17) is 11.6 Å². The summed E-state index contributed by atoms with van der Waals surface area (Å²) in [6.07, 6.45) is -4.81. The number of halogens is 4. The van der Waals surface area contributed by atoms with E-state index in [0.29, 0.717) is 5.56 Å². The first kappa shape index (κ1) is 22.2. The number of anilines is 1. The number of nitrogens with one attached hydrogen (secondary N) is 1. The Morgan fingerprint density at radius 1 is 1.19 bits per heavy atom. The molecule has 1 aliphatic heterocycles. The molecule has 2 aromatic carbocycles. The maximum Gasteiger partial charge on any atom is 0.410 e. The Labute approximate surface area is 188 Å². The summed E-state index contributed by atoms with van der Waals surface area (Å²) in [5.74, 6) is -0.544. The van der Waals surface area contributed by atoms with Crippen molar-refractivity contribution in [3.8, 4) is 0 Å². The molecule has 0 aliphatic carbocycles. The second-order valence-electron chi connectivity index (χ2n) is 8.00. The predicted octanol–water partition coefficient (Wildman–Crippen LogP) is 5.78. The number of carbonyl (C=O) groups is 1. The van der Waals surface area contributed by atoms with Crippen molar-refractivity contribution in [1.82, 2.24) is 14.7 Å². The van der Waals surface area contributed by atoms with Gasteiger partial charge in [-0.3, -0.25) is 4.79 Å². The first-order valence-electron chi connectivity index (χ1n) is 10.1. The molecule has 2 atom stereocenters. The second-order valence-corrected chi connectivity index (χ2v) is 8.38. The van der Waals surface area contributed by atoms with Gasteiger partial charge in [-0.15, -0.1) is 0 Å². The number of alkyl halides is 3. The number of hydrogen-bond acceptors (Lipinski definition) is 3. The van der Waals surface area contributed by atoms with E-state index < -0.39 is 24.2 Å². The molecule has 1 aromatic heterocycles. The molecule has 1 N–H and O–H groups in total. The quantitative estimate of drug-likeness (QED) is 0.535. The smallest absolute Gasteiger partial charge is 0.362 e. The van der Waals surface area contributed by atoms with Crippen molar-refractivity contribution in [2.45, 2.75) is 38.1 Å². The lowest BCUT2D eigenvalue weighted by atomic mass is 9.96. The number of rotatable bonds is 4. The van der Waals surface area contributed by atoms with Crippen LogP contribution in [0.15, 0.2) is 54.6 Å². The van der Waals surface area contributed by atoms with Crippen molar-refractivity contribution in [1.29, 1.82) is 0 Å². The molecule has 0 fully saturated rings. The molecule has 0 spiro atoms. The van der Waals surface area contributed by atoms with Crippen molar-refractivity contribution in [3.63, 3.8) is 0 Å². The number of benzene rings is 2. The molecule has 2 heterocycles. The highest BCUT2D eigenvalue weighted by Gasteiger charge is 2.48. The Morgan fingerprint density at radius 3 is 2.47 bits per heavy atom. The third-order valence-electron chi connectivity index (χ3n) is 5.59.